The van der Waals surface area contributed by atoms with Crippen molar-refractivity contribution >= 4 is 23.4 Å². The van der Waals surface area contributed by atoms with E-state index in [1.54, 1.807) is 19.1 Å². The van der Waals surface area contributed by atoms with Gasteiger partial charge in [-0.15, -0.1) is 0 Å². The zero-order chi connectivity index (χ0) is 28.0. The van der Waals surface area contributed by atoms with E-state index in [0.717, 1.165) is 5.56 Å². The number of hydrogen-bond donors (Lipinski definition) is 2. The molecule has 38 heavy (non-hydrogen) atoms. The second kappa shape index (κ2) is 12.2. The molecule has 0 saturated heterocycles. The Bertz CT molecular complexity index is 1490. The Morgan fingerprint density at radius 1 is 1.16 bits per heavy atom. The third-order valence-electron chi connectivity index (χ3n) is 5.93. The Labute approximate surface area is 216 Å². The Morgan fingerprint density at radius 2 is 1.89 bits per heavy atom. The fraction of sp³-hybridized carbons (Fsp3) is 0.346. The molecule has 0 bridgehead atoms. The molecule has 2 N–H and O–H groups in total. The Balaban J connectivity index is 1.85. The molecule has 0 aliphatic rings. The van der Waals surface area contributed by atoms with E-state index < -0.39 is 40.7 Å². The molecule has 1 amide bonds. The lowest BCUT2D eigenvalue weighted by atomic mass is 10.1. The van der Waals surface area contributed by atoms with Crippen molar-refractivity contribution in [3.63, 3.8) is 0 Å². The molecule has 0 aliphatic carbocycles. The van der Waals surface area contributed by atoms with Crippen LogP contribution in [-0.2, 0) is 27.3 Å². The van der Waals surface area contributed by atoms with Crippen LogP contribution in [0.25, 0.3) is 5.52 Å². The minimum absolute atomic E-state index is 0.137. The number of halogens is 1. The fourth-order valence-electron chi connectivity index (χ4n) is 3.77. The van der Waals surface area contributed by atoms with E-state index >= 15 is 0 Å². The summed E-state index contributed by atoms with van der Waals surface area (Å²) in [5.74, 6) is -3.46. The van der Waals surface area contributed by atoms with Gasteiger partial charge in [0.2, 0.25) is 5.43 Å². The molecule has 2 aromatic heterocycles. The van der Waals surface area contributed by atoms with Crippen LogP contribution < -0.4 is 21.0 Å². The van der Waals surface area contributed by atoms with Crippen LogP contribution in [0.3, 0.4) is 0 Å². The van der Waals surface area contributed by atoms with E-state index in [9.17, 15) is 28.4 Å². The number of methoxy groups -OCH3 is 1. The number of aryl methyl sites for hydroxylation is 1. The SMILES string of the molecule is CCc1ccc(CNC(=O)c2cn3ccn(C(C)COC(=O)CCC(=O)O)c(=O)c3c(OC)c2=O)c(F)c1. The van der Waals surface area contributed by atoms with Gasteiger partial charge < -0.3 is 28.9 Å². The van der Waals surface area contributed by atoms with E-state index in [-0.39, 0.29) is 48.4 Å². The van der Waals surface area contributed by atoms with Gasteiger partial charge in [0.1, 0.15) is 18.0 Å². The lowest BCUT2D eigenvalue weighted by Gasteiger charge is -2.17. The van der Waals surface area contributed by atoms with Gasteiger partial charge in [-0.25, -0.2) is 4.39 Å². The molecule has 0 spiro atoms. The third kappa shape index (κ3) is 6.25. The number of aliphatic carboxylic acids is 1. The summed E-state index contributed by atoms with van der Waals surface area (Å²) in [5.41, 5.74) is -0.838. The van der Waals surface area contributed by atoms with Gasteiger partial charge in [-0.1, -0.05) is 19.1 Å². The smallest absolute Gasteiger partial charge is 0.306 e. The summed E-state index contributed by atoms with van der Waals surface area (Å²) >= 11 is 0. The van der Waals surface area contributed by atoms with Gasteiger partial charge in [0, 0.05) is 30.7 Å². The molecule has 1 atom stereocenters. The highest BCUT2D eigenvalue weighted by atomic mass is 19.1. The number of carboxylic acids is 1. The normalized spacial score (nSPS) is 11.7. The Hall–Kier alpha value is -4.48. The lowest BCUT2D eigenvalue weighted by molar-refractivity contribution is -0.148. The summed E-state index contributed by atoms with van der Waals surface area (Å²) in [6.45, 7) is 3.13. The first-order valence-electron chi connectivity index (χ1n) is 11.8. The summed E-state index contributed by atoms with van der Waals surface area (Å²) in [4.78, 5) is 61.4. The molecular weight excluding hydrogens is 501 g/mol. The molecule has 202 valence electrons. The Kier molecular flexibility index (Phi) is 9.00. The van der Waals surface area contributed by atoms with Gasteiger partial charge in [-0.05, 0) is 25.0 Å². The van der Waals surface area contributed by atoms with E-state index in [0.29, 0.717) is 6.42 Å². The molecule has 1 aromatic carbocycles. The van der Waals surface area contributed by atoms with Crippen molar-refractivity contribution in [3.05, 3.63) is 79.9 Å². The summed E-state index contributed by atoms with van der Waals surface area (Å²) in [6.07, 6.45) is 3.99. The van der Waals surface area contributed by atoms with Crippen LogP contribution in [-0.4, -0.2) is 45.6 Å². The number of carbonyl (C=O) groups excluding carboxylic acids is 2. The van der Waals surface area contributed by atoms with Crippen molar-refractivity contribution in [1.82, 2.24) is 14.3 Å². The molecular formula is C26H28FN3O8. The number of amides is 1. The number of ether oxygens (including phenoxy) is 2. The number of carboxylic acid groups (broad SMARTS) is 1. The maximum Gasteiger partial charge on any atom is 0.306 e. The average Bonchev–Trinajstić information content (AvgIpc) is 2.89. The van der Waals surface area contributed by atoms with Crippen LogP contribution in [0.4, 0.5) is 4.39 Å². The maximum atomic E-state index is 14.3. The van der Waals surface area contributed by atoms with Crippen LogP contribution in [0.2, 0.25) is 0 Å². The highest BCUT2D eigenvalue weighted by Gasteiger charge is 2.22. The molecule has 12 heteroatoms. The number of esters is 1. The Morgan fingerprint density at radius 3 is 2.53 bits per heavy atom. The first-order chi connectivity index (χ1) is 18.1. The predicted molar refractivity (Wildman–Crippen MR) is 134 cm³/mol. The molecule has 0 fully saturated rings. The number of nitrogens with one attached hydrogen (secondary N) is 1. The van der Waals surface area contributed by atoms with E-state index in [2.05, 4.69) is 5.32 Å². The standard InChI is InChI=1S/C26H28FN3O8/c1-4-16-5-6-17(19(27)11-16)12-28-25(35)18-13-29-9-10-30(26(36)22(29)24(37-3)23(18)34)15(2)14-38-21(33)8-7-20(31)32/h5-6,9-11,13,15H,4,7-8,12,14H2,1-3H3,(H,28,35)(H,31,32). The van der Waals surface area contributed by atoms with Crippen molar-refractivity contribution < 1.29 is 33.4 Å². The first-order valence-corrected chi connectivity index (χ1v) is 11.8. The summed E-state index contributed by atoms with van der Waals surface area (Å²) in [6, 6.07) is 4.05. The predicted octanol–water partition coefficient (Wildman–Crippen LogP) is 2.07. The van der Waals surface area contributed by atoms with Crippen molar-refractivity contribution in [2.24, 2.45) is 0 Å². The average molecular weight is 530 g/mol. The van der Waals surface area contributed by atoms with Crippen LogP contribution in [0.1, 0.15) is 54.2 Å². The van der Waals surface area contributed by atoms with E-state index in [1.807, 2.05) is 6.92 Å². The number of hydrogen-bond acceptors (Lipinski definition) is 7. The van der Waals surface area contributed by atoms with E-state index in [4.69, 9.17) is 14.6 Å². The number of carbonyl (C=O) groups is 3. The van der Waals surface area contributed by atoms with Crippen LogP contribution in [0.5, 0.6) is 5.75 Å². The van der Waals surface area contributed by atoms with E-state index in [1.165, 1.54) is 40.7 Å². The molecule has 1 unspecified atom stereocenters. The largest absolute Gasteiger partial charge is 0.491 e. The number of nitrogens with zero attached hydrogens (tertiary/aromatic N) is 2. The zero-order valence-electron chi connectivity index (χ0n) is 21.2. The van der Waals surface area contributed by atoms with Crippen LogP contribution >= 0.6 is 0 Å². The van der Waals surface area contributed by atoms with Crippen molar-refractivity contribution in [2.75, 3.05) is 13.7 Å². The van der Waals surface area contributed by atoms with Crippen molar-refractivity contribution in [2.45, 2.75) is 45.7 Å². The number of benzene rings is 1. The number of pyridine rings is 1. The first kappa shape index (κ1) is 28.1. The topological polar surface area (TPSA) is 145 Å². The highest BCUT2D eigenvalue weighted by Crippen LogP contribution is 2.15. The van der Waals surface area contributed by atoms with Gasteiger partial charge in [0.15, 0.2) is 11.3 Å². The fourth-order valence-corrected chi connectivity index (χ4v) is 3.77. The van der Waals surface area contributed by atoms with Crippen molar-refractivity contribution in [1.29, 1.82) is 0 Å². The van der Waals surface area contributed by atoms with Gasteiger partial charge in [0.25, 0.3) is 11.5 Å². The monoisotopic (exact) mass is 529 g/mol. The summed E-state index contributed by atoms with van der Waals surface area (Å²) in [7, 11) is 1.19. The molecule has 0 aliphatic heterocycles. The molecule has 3 rings (SSSR count). The zero-order valence-corrected chi connectivity index (χ0v) is 21.2. The minimum atomic E-state index is -1.14. The summed E-state index contributed by atoms with van der Waals surface area (Å²) < 4.78 is 27.0. The second-order valence-corrected chi connectivity index (χ2v) is 8.56. The number of aromatic nitrogens is 2. The second-order valence-electron chi connectivity index (χ2n) is 8.56. The molecule has 11 nitrogen and oxygen atoms in total. The summed E-state index contributed by atoms with van der Waals surface area (Å²) in [5, 5.41) is 11.2. The molecule has 2 heterocycles. The molecule has 0 radical (unpaired) electrons. The number of fused-ring (bicyclic) bond motifs is 1. The van der Waals surface area contributed by atoms with Crippen LogP contribution in [0, 0.1) is 5.82 Å². The van der Waals surface area contributed by atoms with Crippen molar-refractivity contribution in [3.8, 4) is 5.75 Å². The quantitative estimate of drug-likeness (QED) is 0.359. The lowest BCUT2D eigenvalue weighted by Crippen LogP contribution is -2.33. The van der Waals surface area contributed by atoms with Crippen LogP contribution in [0.15, 0.2) is 46.4 Å². The minimum Gasteiger partial charge on any atom is -0.491 e. The maximum absolute atomic E-state index is 14.3. The van der Waals surface area contributed by atoms with Gasteiger partial charge in [-0.2, -0.15) is 0 Å². The van der Waals surface area contributed by atoms with Gasteiger partial charge in [0.05, 0.1) is 26.0 Å². The van der Waals surface area contributed by atoms with Gasteiger partial charge >= 0.3 is 11.9 Å². The number of rotatable bonds is 11. The molecule has 0 saturated carbocycles. The third-order valence-corrected chi connectivity index (χ3v) is 5.93. The molecule has 3 aromatic rings. The highest BCUT2D eigenvalue weighted by molar-refractivity contribution is 5.95. The van der Waals surface area contributed by atoms with Gasteiger partial charge in [-0.3, -0.25) is 24.0 Å².